The maximum atomic E-state index is 12.6. The standard InChI is InChI=1S/C18H14ClF3N4O2S/c19-13-8-12(18(20,21)22)9-23-15(13)25-26-17(27)24-16-14(6-7-29-16)28-10-11-4-2-1-3-5-11/h1-9H,10H2,(H,23,25)(H2,24,26,27). The van der Waals surface area contributed by atoms with E-state index >= 15 is 0 Å². The molecule has 3 N–H and O–H groups in total. The van der Waals surface area contributed by atoms with Crippen molar-refractivity contribution < 1.29 is 22.7 Å². The molecule has 11 heteroatoms. The Morgan fingerprint density at radius 1 is 1.21 bits per heavy atom. The van der Waals surface area contributed by atoms with Gasteiger partial charge < -0.3 is 4.74 Å². The molecule has 29 heavy (non-hydrogen) atoms. The number of hydrazine groups is 1. The first-order valence-corrected chi connectivity index (χ1v) is 9.38. The zero-order valence-corrected chi connectivity index (χ0v) is 16.2. The molecule has 6 nitrogen and oxygen atoms in total. The number of amides is 2. The summed E-state index contributed by atoms with van der Waals surface area (Å²) in [5, 5.41) is 4.51. The lowest BCUT2D eigenvalue weighted by Gasteiger charge is -2.12. The molecule has 0 aliphatic carbocycles. The molecule has 0 saturated heterocycles. The molecule has 1 aromatic carbocycles. The van der Waals surface area contributed by atoms with Gasteiger partial charge in [0.25, 0.3) is 0 Å². The highest BCUT2D eigenvalue weighted by Crippen LogP contribution is 2.33. The number of alkyl halides is 3. The Morgan fingerprint density at radius 3 is 2.66 bits per heavy atom. The molecule has 0 fully saturated rings. The minimum atomic E-state index is -4.56. The molecule has 0 atom stereocenters. The number of ether oxygens (including phenoxy) is 1. The van der Waals surface area contributed by atoms with Gasteiger partial charge >= 0.3 is 12.2 Å². The van der Waals surface area contributed by atoms with Crippen molar-refractivity contribution in [3.63, 3.8) is 0 Å². The number of halogens is 4. The number of carbonyl (C=O) groups is 1. The van der Waals surface area contributed by atoms with Crippen LogP contribution in [0.3, 0.4) is 0 Å². The van der Waals surface area contributed by atoms with E-state index in [0.29, 0.717) is 29.6 Å². The minimum Gasteiger partial charge on any atom is -0.486 e. The zero-order valence-electron chi connectivity index (χ0n) is 14.6. The molecule has 0 saturated carbocycles. The van der Waals surface area contributed by atoms with Gasteiger partial charge in [0.15, 0.2) is 11.6 Å². The Balaban J connectivity index is 1.55. The second-order valence-corrected chi connectivity index (χ2v) is 6.97. The van der Waals surface area contributed by atoms with Crippen molar-refractivity contribution in [1.82, 2.24) is 10.4 Å². The molecule has 0 aliphatic rings. The highest BCUT2D eigenvalue weighted by atomic mass is 35.5. The molecular formula is C18H14ClF3N4O2S. The van der Waals surface area contributed by atoms with E-state index in [0.717, 1.165) is 5.56 Å². The molecule has 3 rings (SSSR count). The van der Waals surface area contributed by atoms with Crippen LogP contribution < -0.4 is 20.9 Å². The van der Waals surface area contributed by atoms with Crippen molar-refractivity contribution >= 4 is 39.8 Å². The van der Waals surface area contributed by atoms with Crippen molar-refractivity contribution in [3.05, 3.63) is 70.2 Å². The van der Waals surface area contributed by atoms with Crippen LogP contribution >= 0.6 is 22.9 Å². The smallest absolute Gasteiger partial charge is 0.417 e. The van der Waals surface area contributed by atoms with Crippen LogP contribution in [-0.2, 0) is 12.8 Å². The second-order valence-electron chi connectivity index (χ2n) is 5.64. The predicted molar refractivity (Wildman–Crippen MR) is 105 cm³/mol. The number of aromatic nitrogens is 1. The third-order valence-electron chi connectivity index (χ3n) is 3.56. The summed E-state index contributed by atoms with van der Waals surface area (Å²) in [6.45, 7) is 0.331. The lowest BCUT2D eigenvalue weighted by Crippen LogP contribution is -2.34. The Labute approximate surface area is 172 Å². The van der Waals surface area contributed by atoms with E-state index in [-0.39, 0.29) is 10.8 Å². The van der Waals surface area contributed by atoms with E-state index in [9.17, 15) is 18.0 Å². The zero-order chi connectivity index (χ0) is 20.9. The number of rotatable bonds is 6. The average Bonchev–Trinajstić information content (AvgIpc) is 3.12. The molecule has 0 unspecified atom stereocenters. The first-order valence-electron chi connectivity index (χ1n) is 8.13. The molecule has 2 amide bonds. The van der Waals surface area contributed by atoms with Crippen LogP contribution in [-0.4, -0.2) is 11.0 Å². The number of benzene rings is 1. The molecule has 0 radical (unpaired) electrons. The SMILES string of the molecule is O=C(NNc1ncc(C(F)(F)F)cc1Cl)Nc1sccc1OCc1ccccc1. The Morgan fingerprint density at radius 2 is 1.97 bits per heavy atom. The van der Waals surface area contributed by atoms with Gasteiger partial charge in [0.05, 0.1) is 10.6 Å². The second kappa shape index (κ2) is 9.01. The van der Waals surface area contributed by atoms with Gasteiger partial charge in [-0.15, -0.1) is 11.3 Å². The van der Waals surface area contributed by atoms with Gasteiger partial charge in [-0.3, -0.25) is 10.7 Å². The van der Waals surface area contributed by atoms with Gasteiger partial charge in [-0.25, -0.2) is 15.2 Å². The monoisotopic (exact) mass is 442 g/mol. The summed E-state index contributed by atoms with van der Waals surface area (Å²) in [6, 6.07) is 11.3. The summed E-state index contributed by atoms with van der Waals surface area (Å²) in [5.41, 5.74) is 4.61. The van der Waals surface area contributed by atoms with Crippen LogP contribution in [0.5, 0.6) is 5.75 Å². The van der Waals surface area contributed by atoms with E-state index < -0.39 is 17.8 Å². The summed E-state index contributed by atoms with van der Waals surface area (Å²) in [7, 11) is 0. The highest BCUT2D eigenvalue weighted by Gasteiger charge is 2.31. The molecule has 0 bridgehead atoms. The van der Waals surface area contributed by atoms with E-state index in [2.05, 4.69) is 21.2 Å². The van der Waals surface area contributed by atoms with E-state index in [1.807, 2.05) is 30.3 Å². The summed E-state index contributed by atoms with van der Waals surface area (Å²) >= 11 is 7.02. The molecule has 0 aliphatic heterocycles. The van der Waals surface area contributed by atoms with Crippen molar-refractivity contribution in [2.75, 3.05) is 10.7 Å². The topological polar surface area (TPSA) is 75.3 Å². The first-order chi connectivity index (χ1) is 13.8. The molecule has 0 spiro atoms. The number of anilines is 2. The average molecular weight is 443 g/mol. The fourth-order valence-corrected chi connectivity index (χ4v) is 3.11. The maximum absolute atomic E-state index is 12.6. The van der Waals surface area contributed by atoms with Gasteiger partial charge in [-0.05, 0) is 23.1 Å². The van der Waals surface area contributed by atoms with Crippen molar-refractivity contribution in [3.8, 4) is 5.75 Å². The van der Waals surface area contributed by atoms with Crippen LogP contribution in [0.15, 0.2) is 54.0 Å². The lowest BCUT2D eigenvalue weighted by molar-refractivity contribution is -0.137. The quantitative estimate of drug-likeness (QED) is 0.438. The third-order valence-corrected chi connectivity index (χ3v) is 4.66. The van der Waals surface area contributed by atoms with Crippen LogP contribution in [0.25, 0.3) is 0 Å². The lowest BCUT2D eigenvalue weighted by atomic mass is 10.2. The van der Waals surface area contributed by atoms with Crippen molar-refractivity contribution in [1.29, 1.82) is 0 Å². The fourth-order valence-electron chi connectivity index (χ4n) is 2.17. The van der Waals surface area contributed by atoms with Crippen LogP contribution in [0, 0.1) is 0 Å². The van der Waals surface area contributed by atoms with Gasteiger partial charge in [0.2, 0.25) is 0 Å². The Hall–Kier alpha value is -2.98. The minimum absolute atomic E-state index is 0.124. The summed E-state index contributed by atoms with van der Waals surface area (Å²) in [4.78, 5) is 15.6. The predicted octanol–water partition coefficient (Wildman–Crippen LogP) is 5.54. The van der Waals surface area contributed by atoms with Gasteiger partial charge in [0.1, 0.15) is 11.6 Å². The Bertz CT molecular complexity index is 983. The third kappa shape index (κ3) is 5.75. The number of pyridine rings is 1. The molecule has 3 aromatic rings. The van der Waals surface area contributed by atoms with E-state index in [1.165, 1.54) is 11.3 Å². The van der Waals surface area contributed by atoms with E-state index in [1.54, 1.807) is 11.4 Å². The molecular weight excluding hydrogens is 429 g/mol. The molecule has 152 valence electrons. The number of nitrogens with one attached hydrogen (secondary N) is 3. The summed E-state index contributed by atoms with van der Waals surface area (Å²) < 4.78 is 43.6. The Kier molecular flexibility index (Phi) is 6.45. The van der Waals surface area contributed by atoms with E-state index in [4.69, 9.17) is 16.3 Å². The number of thiophene rings is 1. The van der Waals surface area contributed by atoms with Crippen LogP contribution in [0.2, 0.25) is 5.02 Å². The highest BCUT2D eigenvalue weighted by molar-refractivity contribution is 7.14. The summed E-state index contributed by atoms with van der Waals surface area (Å²) in [6.07, 6.45) is -3.95. The first kappa shape index (κ1) is 20.7. The molecule has 2 aromatic heterocycles. The maximum Gasteiger partial charge on any atom is 0.417 e. The van der Waals surface area contributed by atoms with Crippen molar-refractivity contribution in [2.45, 2.75) is 12.8 Å². The van der Waals surface area contributed by atoms with Gasteiger partial charge in [-0.2, -0.15) is 13.2 Å². The normalized spacial score (nSPS) is 11.0. The largest absolute Gasteiger partial charge is 0.486 e. The number of urea groups is 1. The summed E-state index contributed by atoms with van der Waals surface area (Å²) in [5.74, 6) is 0.362. The van der Waals surface area contributed by atoms with Crippen LogP contribution in [0.1, 0.15) is 11.1 Å². The fraction of sp³-hybridized carbons (Fsp3) is 0.111. The van der Waals surface area contributed by atoms with Crippen LogP contribution in [0.4, 0.5) is 28.8 Å². The van der Waals surface area contributed by atoms with Gasteiger partial charge in [0, 0.05) is 6.20 Å². The number of hydrogen-bond acceptors (Lipinski definition) is 5. The van der Waals surface area contributed by atoms with Gasteiger partial charge in [-0.1, -0.05) is 41.9 Å². The molecule has 2 heterocycles. The number of carbonyl (C=O) groups excluding carboxylic acids is 1. The number of nitrogens with zero attached hydrogens (tertiary/aromatic N) is 1. The number of hydrogen-bond donors (Lipinski definition) is 3. The van der Waals surface area contributed by atoms with Crippen molar-refractivity contribution in [2.24, 2.45) is 0 Å².